The fourth-order valence-corrected chi connectivity index (χ4v) is 4.65. The Morgan fingerprint density at radius 1 is 1.06 bits per heavy atom. The molecule has 1 unspecified atom stereocenters. The van der Waals surface area contributed by atoms with Gasteiger partial charge in [-0.3, -0.25) is 20.4 Å². The van der Waals surface area contributed by atoms with Gasteiger partial charge in [0.05, 0.1) is 16.1 Å². The number of aliphatic carboxylic acids is 1. The summed E-state index contributed by atoms with van der Waals surface area (Å²) in [5.41, 5.74) is 8.96. The van der Waals surface area contributed by atoms with E-state index in [4.69, 9.17) is 11.6 Å². The number of carboxylic acids is 1. The van der Waals surface area contributed by atoms with Gasteiger partial charge in [-0.15, -0.1) is 0 Å². The van der Waals surface area contributed by atoms with E-state index in [9.17, 15) is 14.7 Å². The lowest BCUT2D eigenvalue weighted by Gasteiger charge is -2.16. The third-order valence-corrected chi connectivity index (χ3v) is 6.61. The van der Waals surface area contributed by atoms with Crippen molar-refractivity contribution in [1.82, 2.24) is 15.4 Å². The van der Waals surface area contributed by atoms with Gasteiger partial charge in [-0.1, -0.05) is 48.9 Å². The predicted molar refractivity (Wildman–Crippen MR) is 140 cm³/mol. The second-order valence-corrected chi connectivity index (χ2v) is 9.80. The number of pyridine rings is 1. The van der Waals surface area contributed by atoms with Gasteiger partial charge in [-0.05, 0) is 59.5 Å². The van der Waals surface area contributed by atoms with E-state index in [1.165, 1.54) is 11.3 Å². The van der Waals surface area contributed by atoms with Gasteiger partial charge in [0, 0.05) is 23.3 Å². The Morgan fingerprint density at radius 2 is 1.83 bits per heavy atom. The monoisotopic (exact) mass is 509 g/mol. The zero-order chi connectivity index (χ0) is 24.9. The molecule has 1 amide bonds. The van der Waals surface area contributed by atoms with Gasteiger partial charge in [0.15, 0.2) is 5.13 Å². The first-order valence-corrected chi connectivity index (χ1v) is 12.1. The Hall–Kier alpha value is -3.69. The van der Waals surface area contributed by atoms with E-state index in [1.807, 2.05) is 48.5 Å². The summed E-state index contributed by atoms with van der Waals surface area (Å²) >= 11 is 7.59. The van der Waals surface area contributed by atoms with Crippen molar-refractivity contribution in [2.75, 3.05) is 10.7 Å². The lowest BCUT2D eigenvalue weighted by molar-refractivity contribution is -0.145. The number of nitrogens with zero attached hydrogens (tertiary/aromatic N) is 2. The van der Waals surface area contributed by atoms with Gasteiger partial charge >= 0.3 is 5.97 Å². The largest absolute Gasteiger partial charge is 0.481 e. The van der Waals surface area contributed by atoms with Crippen molar-refractivity contribution < 1.29 is 14.7 Å². The molecule has 8 nitrogen and oxygen atoms in total. The molecular weight excluding hydrogens is 486 g/mol. The maximum atomic E-state index is 12.2. The van der Waals surface area contributed by atoms with Crippen LogP contribution in [-0.4, -0.2) is 27.0 Å². The summed E-state index contributed by atoms with van der Waals surface area (Å²) in [5.74, 6) is -1.84. The third kappa shape index (κ3) is 6.26. The third-order valence-electron chi connectivity index (χ3n) is 5.44. The highest BCUT2D eigenvalue weighted by Gasteiger charge is 2.24. The summed E-state index contributed by atoms with van der Waals surface area (Å²) in [6.07, 6.45) is 1.52. The van der Waals surface area contributed by atoms with Crippen molar-refractivity contribution in [3.05, 3.63) is 65.8 Å². The smallest absolute Gasteiger partial charge is 0.307 e. The molecule has 4 aromatic rings. The molecule has 2 heterocycles. The van der Waals surface area contributed by atoms with Crippen LogP contribution in [0.1, 0.15) is 20.3 Å². The van der Waals surface area contributed by atoms with Crippen molar-refractivity contribution in [2.45, 2.75) is 20.3 Å². The number of hydrazine groups is 1. The summed E-state index contributed by atoms with van der Waals surface area (Å²) in [5, 5.41) is 14.0. The minimum atomic E-state index is -0.985. The number of fused-ring (bicyclic) bond motifs is 1. The second kappa shape index (κ2) is 10.7. The molecule has 1 atom stereocenters. The number of anilines is 3. The Morgan fingerprint density at radius 3 is 2.54 bits per heavy atom. The van der Waals surface area contributed by atoms with Crippen molar-refractivity contribution in [2.24, 2.45) is 11.8 Å². The van der Waals surface area contributed by atoms with Crippen LogP contribution < -0.4 is 16.2 Å². The quantitative estimate of drug-likeness (QED) is 0.206. The van der Waals surface area contributed by atoms with Crippen LogP contribution in [-0.2, 0) is 9.59 Å². The number of carboxylic acid groups (broad SMARTS) is 1. The van der Waals surface area contributed by atoms with Crippen LogP contribution in [0.25, 0.3) is 21.3 Å². The fourth-order valence-electron chi connectivity index (χ4n) is 3.49. The summed E-state index contributed by atoms with van der Waals surface area (Å²) < 4.78 is 1.02. The van der Waals surface area contributed by atoms with E-state index in [0.29, 0.717) is 10.8 Å². The molecule has 0 spiro atoms. The van der Waals surface area contributed by atoms with Crippen molar-refractivity contribution >= 4 is 61.7 Å². The lowest BCUT2D eigenvalue weighted by atomic mass is 9.92. The number of nitrogens with one attached hydrogen (secondary N) is 3. The van der Waals surface area contributed by atoms with Gasteiger partial charge in [0.25, 0.3) is 0 Å². The van der Waals surface area contributed by atoms with Crippen LogP contribution in [0.15, 0.2) is 60.8 Å². The molecule has 2 aromatic carbocycles. The normalized spacial score (nSPS) is 11.9. The Bertz CT molecular complexity index is 1360. The van der Waals surface area contributed by atoms with E-state index >= 15 is 0 Å². The molecular formula is C25H24ClN5O3S. The molecule has 0 bridgehead atoms. The van der Waals surface area contributed by atoms with Crippen molar-refractivity contribution in [3.63, 3.8) is 0 Å². The number of amides is 1. The van der Waals surface area contributed by atoms with E-state index < -0.39 is 17.8 Å². The standard InChI is InChI=1S/C25H24ClN5O3S/c1-14(2)19(24(33)34)13-23(32)31-30-22-11-16(9-10-27-22)15-3-6-18(7-4-15)28-25-29-20-8-5-17(26)12-21(20)35-25/h3-12,14,19H,13H2,1-2H3,(H,27,30)(H,28,29)(H,31,32)(H,33,34). The number of rotatable bonds is 9. The lowest BCUT2D eigenvalue weighted by Crippen LogP contribution is -2.34. The number of aromatic nitrogens is 2. The molecule has 10 heteroatoms. The topological polar surface area (TPSA) is 116 Å². The minimum Gasteiger partial charge on any atom is -0.481 e. The molecule has 2 aromatic heterocycles. The maximum absolute atomic E-state index is 12.2. The highest BCUT2D eigenvalue weighted by atomic mass is 35.5. The number of hydrogen-bond acceptors (Lipinski definition) is 7. The van der Waals surface area contributed by atoms with Crippen LogP contribution in [0.5, 0.6) is 0 Å². The van der Waals surface area contributed by atoms with Crippen LogP contribution in [0, 0.1) is 11.8 Å². The molecule has 0 fully saturated rings. The number of benzene rings is 2. The second-order valence-electron chi connectivity index (χ2n) is 8.33. The van der Waals surface area contributed by atoms with Crippen molar-refractivity contribution in [3.8, 4) is 11.1 Å². The van der Waals surface area contributed by atoms with Crippen LogP contribution in [0.2, 0.25) is 5.02 Å². The SMILES string of the molecule is CC(C)C(CC(=O)NNc1cc(-c2ccc(Nc3nc4ccc(Cl)cc4s3)cc2)ccn1)C(=O)O. The molecule has 0 radical (unpaired) electrons. The molecule has 0 aliphatic heterocycles. The van der Waals surface area contributed by atoms with Gasteiger partial charge in [0.2, 0.25) is 5.91 Å². The number of thiazole rings is 1. The number of carbonyl (C=O) groups is 2. The average Bonchev–Trinajstić information content (AvgIpc) is 3.22. The van der Waals surface area contributed by atoms with E-state index in [1.54, 1.807) is 26.1 Å². The van der Waals surface area contributed by atoms with Crippen LogP contribution in [0.4, 0.5) is 16.6 Å². The van der Waals surface area contributed by atoms with Gasteiger partial charge in [0.1, 0.15) is 5.82 Å². The molecule has 4 rings (SSSR count). The van der Waals surface area contributed by atoms with Gasteiger partial charge < -0.3 is 10.4 Å². The number of hydrogen-bond donors (Lipinski definition) is 4. The van der Waals surface area contributed by atoms with E-state index in [0.717, 1.165) is 32.2 Å². The molecule has 0 saturated heterocycles. The Labute approximate surface area is 211 Å². The highest BCUT2D eigenvalue weighted by Crippen LogP contribution is 2.31. The fraction of sp³-hybridized carbons (Fsp3) is 0.200. The molecule has 0 aliphatic carbocycles. The molecule has 180 valence electrons. The summed E-state index contributed by atoms with van der Waals surface area (Å²) in [6, 6.07) is 17.2. The zero-order valence-corrected chi connectivity index (χ0v) is 20.7. The minimum absolute atomic E-state index is 0.115. The predicted octanol–water partition coefficient (Wildman–Crippen LogP) is 5.95. The maximum Gasteiger partial charge on any atom is 0.307 e. The zero-order valence-electron chi connectivity index (χ0n) is 19.1. The van der Waals surface area contributed by atoms with E-state index in [-0.39, 0.29) is 12.3 Å². The summed E-state index contributed by atoms with van der Waals surface area (Å²) in [7, 11) is 0. The van der Waals surface area contributed by atoms with Crippen LogP contribution >= 0.6 is 22.9 Å². The number of carbonyl (C=O) groups excluding carboxylic acids is 1. The first-order valence-electron chi connectivity index (χ1n) is 11.0. The highest BCUT2D eigenvalue weighted by molar-refractivity contribution is 7.22. The van der Waals surface area contributed by atoms with Crippen LogP contribution in [0.3, 0.4) is 0 Å². The van der Waals surface area contributed by atoms with E-state index in [2.05, 4.69) is 26.1 Å². The Balaban J connectivity index is 1.38. The Kier molecular flexibility index (Phi) is 7.48. The molecule has 0 saturated carbocycles. The first-order chi connectivity index (χ1) is 16.8. The van der Waals surface area contributed by atoms with Gasteiger partial charge in [-0.2, -0.15) is 0 Å². The van der Waals surface area contributed by atoms with Crippen molar-refractivity contribution in [1.29, 1.82) is 0 Å². The molecule has 0 aliphatic rings. The number of halogens is 1. The van der Waals surface area contributed by atoms with Gasteiger partial charge in [-0.25, -0.2) is 9.97 Å². The summed E-state index contributed by atoms with van der Waals surface area (Å²) in [4.78, 5) is 32.3. The summed E-state index contributed by atoms with van der Waals surface area (Å²) in [6.45, 7) is 3.56. The first kappa shape index (κ1) is 24.4. The molecule has 4 N–H and O–H groups in total. The average molecular weight is 510 g/mol. The molecule has 35 heavy (non-hydrogen) atoms.